The molecule has 0 atom stereocenters. The number of carbonyl (C=O) groups excluding carboxylic acids is 2. The van der Waals surface area contributed by atoms with Gasteiger partial charge in [-0.05, 0) is 42.0 Å². The van der Waals surface area contributed by atoms with Gasteiger partial charge < -0.3 is 5.32 Å². The van der Waals surface area contributed by atoms with Gasteiger partial charge in [0, 0.05) is 11.3 Å². The van der Waals surface area contributed by atoms with E-state index in [0.717, 1.165) is 12.1 Å². The molecule has 130 valence electrons. The van der Waals surface area contributed by atoms with Gasteiger partial charge >= 0.3 is 12.1 Å². The van der Waals surface area contributed by atoms with E-state index < -0.39 is 23.7 Å². The van der Waals surface area contributed by atoms with E-state index in [1.54, 1.807) is 5.32 Å². The standard InChI is InChI=1S/C17H10ClF4NO2/c18-13-9-11(5-6-14(13)19)15(24)7-4-10-2-1-3-12(8-10)23-16(25)17(20,21)22/h1-9H,(H,23,25)/b7-4+. The fraction of sp³-hybridized carbons (Fsp3) is 0.0588. The summed E-state index contributed by atoms with van der Waals surface area (Å²) in [5.41, 5.74) is 0.479. The molecule has 2 aromatic rings. The number of anilines is 1. The molecule has 25 heavy (non-hydrogen) atoms. The highest BCUT2D eigenvalue weighted by Gasteiger charge is 2.38. The number of benzene rings is 2. The van der Waals surface area contributed by atoms with Gasteiger partial charge in [0.05, 0.1) is 5.02 Å². The zero-order valence-corrected chi connectivity index (χ0v) is 13.2. The molecule has 0 aliphatic heterocycles. The summed E-state index contributed by atoms with van der Waals surface area (Å²) in [6.45, 7) is 0. The fourth-order valence-electron chi connectivity index (χ4n) is 1.84. The minimum absolute atomic E-state index is 0.0678. The van der Waals surface area contributed by atoms with Crippen LogP contribution in [0.3, 0.4) is 0 Å². The topological polar surface area (TPSA) is 46.2 Å². The van der Waals surface area contributed by atoms with E-state index in [1.807, 2.05) is 0 Å². The molecule has 0 saturated carbocycles. The second-order valence-electron chi connectivity index (χ2n) is 4.90. The van der Waals surface area contributed by atoms with Crippen molar-refractivity contribution in [1.82, 2.24) is 0 Å². The molecule has 2 aromatic carbocycles. The van der Waals surface area contributed by atoms with Crippen LogP contribution in [0.4, 0.5) is 23.2 Å². The molecule has 0 bridgehead atoms. The van der Waals surface area contributed by atoms with Crippen molar-refractivity contribution >= 4 is 35.1 Å². The third-order valence-corrected chi connectivity index (χ3v) is 3.32. The molecule has 1 amide bonds. The number of carbonyl (C=O) groups is 2. The molecule has 0 saturated heterocycles. The van der Waals surface area contributed by atoms with Crippen LogP contribution in [-0.2, 0) is 4.79 Å². The minimum Gasteiger partial charge on any atom is -0.318 e. The lowest BCUT2D eigenvalue weighted by Gasteiger charge is -2.08. The summed E-state index contributed by atoms with van der Waals surface area (Å²) in [5, 5.41) is 1.52. The molecular weight excluding hydrogens is 362 g/mol. The van der Waals surface area contributed by atoms with E-state index in [0.29, 0.717) is 5.56 Å². The fourth-order valence-corrected chi connectivity index (χ4v) is 2.02. The van der Waals surface area contributed by atoms with Crippen LogP contribution in [0.2, 0.25) is 5.02 Å². The second-order valence-corrected chi connectivity index (χ2v) is 5.31. The summed E-state index contributed by atoms with van der Waals surface area (Å²) >= 11 is 5.60. The van der Waals surface area contributed by atoms with Crippen molar-refractivity contribution in [3.8, 4) is 0 Å². The molecule has 1 N–H and O–H groups in total. The molecule has 3 nitrogen and oxygen atoms in total. The van der Waals surface area contributed by atoms with Gasteiger partial charge in [-0.3, -0.25) is 9.59 Å². The van der Waals surface area contributed by atoms with Gasteiger partial charge in [0.25, 0.3) is 0 Å². The largest absolute Gasteiger partial charge is 0.471 e. The van der Waals surface area contributed by atoms with Gasteiger partial charge in [0.1, 0.15) is 5.82 Å². The Morgan fingerprint density at radius 2 is 1.80 bits per heavy atom. The normalized spacial score (nSPS) is 11.6. The number of nitrogens with one attached hydrogen (secondary N) is 1. The summed E-state index contributed by atoms with van der Waals surface area (Å²) in [7, 11) is 0. The first-order valence-electron chi connectivity index (χ1n) is 6.82. The third-order valence-electron chi connectivity index (χ3n) is 3.03. The number of hydrogen-bond donors (Lipinski definition) is 1. The molecule has 2 rings (SSSR count). The van der Waals surface area contributed by atoms with Crippen molar-refractivity contribution < 1.29 is 27.2 Å². The Labute approximate surface area is 144 Å². The number of rotatable bonds is 4. The molecule has 0 unspecified atom stereocenters. The molecule has 0 radical (unpaired) electrons. The molecule has 0 fully saturated rings. The van der Waals surface area contributed by atoms with E-state index in [-0.39, 0.29) is 16.3 Å². The Hall–Kier alpha value is -2.67. The van der Waals surface area contributed by atoms with Gasteiger partial charge in [0.15, 0.2) is 5.78 Å². The van der Waals surface area contributed by atoms with E-state index in [1.165, 1.54) is 42.5 Å². The van der Waals surface area contributed by atoms with Crippen LogP contribution in [0.1, 0.15) is 15.9 Å². The van der Waals surface area contributed by atoms with Gasteiger partial charge in [-0.15, -0.1) is 0 Å². The smallest absolute Gasteiger partial charge is 0.318 e. The average Bonchev–Trinajstić information content (AvgIpc) is 2.54. The molecule has 0 aliphatic rings. The Morgan fingerprint density at radius 3 is 2.44 bits per heavy atom. The van der Waals surface area contributed by atoms with Crippen molar-refractivity contribution in [1.29, 1.82) is 0 Å². The minimum atomic E-state index is -5.00. The number of halogens is 5. The summed E-state index contributed by atoms with van der Waals surface area (Å²) in [6.07, 6.45) is -2.49. The summed E-state index contributed by atoms with van der Waals surface area (Å²) in [6, 6.07) is 8.98. The van der Waals surface area contributed by atoms with Crippen LogP contribution in [-0.4, -0.2) is 17.9 Å². The lowest BCUT2D eigenvalue weighted by atomic mass is 10.1. The van der Waals surface area contributed by atoms with Crippen molar-refractivity contribution in [3.63, 3.8) is 0 Å². The Bertz CT molecular complexity index is 847. The first-order chi connectivity index (χ1) is 11.7. The SMILES string of the molecule is O=C(/C=C/c1cccc(NC(=O)C(F)(F)F)c1)c1ccc(F)c(Cl)c1. The molecule has 0 heterocycles. The number of ketones is 1. The molecule has 0 spiro atoms. The van der Waals surface area contributed by atoms with Crippen LogP contribution in [0, 0.1) is 5.82 Å². The van der Waals surface area contributed by atoms with E-state index in [4.69, 9.17) is 11.6 Å². The van der Waals surface area contributed by atoms with Gasteiger partial charge in [-0.2, -0.15) is 13.2 Å². The van der Waals surface area contributed by atoms with Crippen LogP contribution < -0.4 is 5.32 Å². The monoisotopic (exact) mass is 371 g/mol. The van der Waals surface area contributed by atoms with E-state index in [9.17, 15) is 27.2 Å². The predicted molar refractivity (Wildman–Crippen MR) is 85.9 cm³/mol. The maximum atomic E-state index is 13.1. The zero-order chi connectivity index (χ0) is 18.6. The first kappa shape index (κ1) is 18.7. The van der Waals surface area contributed by atoms with Crippen molar-refractivity contribution in [2.75, 3.05) is 5.32 Å². The second kappa shape index (κ2) is 7.48. The van der Waals surface area contributed by atoms with Crippen molar-refractivity contribution in [2.24, 2.45) is 0 Å². The first-order valence-corrected chi connectivity index (χ1v) is 7.20. The Kier molecular flexibility index (Phi) is 5.58. The lowest BCUT2D eigenvalue weighted by Crippen LogP contribution is -2.29. The van der Waals surface area contributed by atoms with Crippen molar-refractivity contribution in [3.05, 3.63) is 70.5 Å². The number of allylic oxidation sites excluding steroid dienone is 1. The summed E-state index contributed by atoms with van der Waals surface area (Å²) < 4.78 is 49.8. The van der Waals surface area contributed by atoms with Crippen LogP contribution >= 0.6 is 11.6 Å². The average molecular weight is 372 g/mol. The molecule has 8 heteroatoms. The lowest BCUT2D eigenvalue weighted by molar-refractivity contribution is -0.167. The van der Waals surface area contributed by atoms with Crippen molar-refractivity contribution in [2.45, 2.75) is 6.18 Å². The number of alkyl halides is 3. The van der Waals surface area contributed by atoms with E-state index >= 15 is 0 Å². The Balaban J connectivity index is 2.13. The Morgan fingerprint density at radius 1 is 1.08 bits per heavy atom. The molecule has 0 aliphatic carbocycles. The van der Waals surface area contributed by atoms with Crippen LogP contribution in [0.5, 0.6) is 0 Å². The maximum Gasteiger partial charge on any atom is 0.471 e. The van der Waals surface area contributed by atoms with Gasteiger partial charge in [-0.25, -0.2) is 4.39 Å². The van der Waals surface area contributed by atoms with Crippen LogP contribution in [0.15, 0.2) is 48.5 Å². The maximum absolute atomic E-state index is 13.1. The summed E-state index contributed by atoms with van der Waals surface area (Å²) in [4.78, 5) is 22.9. The van der Waals surface area contributed by atoms with Crippen LogP contribution in [0.25, 0.3) is 6.08 Å². The third kappa shape index (κ3) is 5.15. The molecular formula is C17H10ClF4NO2. The summed E-state index contributed by atoms with van der Waals surface area (Å²) in [5.74, 6) is -3.22. The highest BCUT2D eigenvalue weighted by molar-refractivity contribution is 6.31. The predicted octanol–water partition coefficient (Wildman–Crippen LogP) is 4.88. The number of amides is 1. The van der Waals surface area contributed by atoms with Gasteiger partial charge in [0.2, 0.25) is 0 Å². The quantitative estimate of drug-likeness (QED) is 0.473. The number of hydrogen-bond acceptors (Lipinski definition) is 2. The van der Waals surface area contributed by atoms with E-state index in [2.05, 4.69) is 0 Å². The zero-order valence-electron chi connectivity index (χ0n) is 12.4. The highest BCUT2D eigenvalue weighted by Crippen LogP contribution is 2.20. The van der Waals surface area contributed by atoms with Gasteiger partial charge in [-0.1, -0.05) is 29.8 Å². The molecule has 0 aromatic heterocycles. The highest BCUT2D eigenvalue weighted by atomic mass is 35.5.